The van der Waals surface area contributed by atoms with Crippen molar-refractivity contribution in [1.29, 1.82) is 0 Å². The fourth-order valence-corrected chi connectivity index (χ4v) is 3.02. The number of carboxylic acid groups (broad SMARTS) is 1. The molecule has 3 rings (SSSR count). The van der Waals surface area contributed by atoms with E-state index in [4.69, 9.17) is 5.11 Å². The van der Waals surface area contributed by atoms with Crippen LogP contribution in [0.5, 0.6) is 0 Å². The lowest BCUT2D eigenvalue weighted by molar-refractivity contribution is -0.133. The van der Waals surface area contributed by atoms with Crippen LogP contribution in [0.2, 0.25) is 0 Å². The fraction of sp³-hybridized carbons (Fsp3) is 0.750. The largest absolute Gasteiger partial charge is 0.481 e. The Labute approximate surface area is 110 Å². The van der Waals surface area contributed by atoms with E-state index in [1.165, 1.54) is 24.6 Å². The topological polar surface area (TPSA) is 68.0 Å². The van der Waals surface area contributed by atoms with Crippen LogP contribution in [-0.4, -0.2) is 31.6 Å². The summed E-state index contributed by atoms with van der Waals surface area (Å²) in [6.45, 7) is 4.47. The van der Waals surface area contributed by atoms with Crippen molar-refractivity contribution in [3.63, 3.8) is 0 Å². The van der Waals surface area contributed by atoms with E-state index in [0.717, 1.165) is 17.4 Å². The van der Waals surface area contributed by atoms with Gasteiger partial charge >= 0.3 is 5.97 Å². The molecule has 1 N–H and O–H groups in total. The molecular weight excluding hydrogens is 250 g/mol. The van der Waals surface area contributed by atoms with Crippen LogP contribution < -0.4 is 0 Å². The standard InChI is InChI=1S/C12H17N3O2S/c1-12(2)5-8(12)15-10(7-3-4-7)13-14-11(15)18-6-9(16)17/h7-8H,3-6H2,1-2H3,(H,16,17). The van der Waals surface area contributed by atoms with Crippen molar-refractivity contribution in [1.82, 2.24) is 14.8 Å². The van der Waals surface area contributed by atoms with Gasteiger partial charge in [-0.05, 0) is 24.7 Å². The number of nitrogens with zero attached hydrogens (tertiary/aromatic N) is 3. The number of rotatable bonds is 5. The SMILES string of the molecule is CC1(C)CC1n1c(SCC(=O)O)nnc1C1CC1. The molecule has 0 spiro atoms. The van der Waals surface area contributed by atoms with Gasteiger partial charge in [-0.25, -0.2) is 0 Å². The number of aromatic nitrogens is 3. The summed E-state index contributed by atoms with van der Waals surface area (Å²) in [4.78, 5) is 10.7. The van der Waals surface area contributed by atoms with Gasteiger partial charge in [-0.3, -0.25) is 4.79 Å². The Morgan fingerprint density at radius 2 is 2.17 bits per heavy atom. The maximum absolute atomic E-state index is 10.7. The van der Waals surface area contributed by atoms with E-state index in [2.05, 4.69) is 28.6 Å². The van der Waals surface area contributed by atoms with Gasteiger partial charge in [0.15, 0.2) is 5.16 Å². The number of carbonyl (C=O) groups is 1. The second kappa shape index (κ2) is 3.98. The van der Waals surface area contributed by atoms with Crippen LogP contribution >= 0.6 is 11.8 Å². The molecule has 6 heteroatoms. The minimum absolute atomic E-state index is 0.0515. The molecule has 0 aliphatic heterocycles. The van der Waals surface area contributed by atoms with E-state index in [1.54, 1.807) is 0 Å². The van der Waals surface area contributed by atoms with E-state index in [-0.39, 0.29) is 5.75 Å². The van der Waals surface area contributed by atoms with Crippen LogP contribution in [0.15, 0.2) is 5.16 Å². The number of aliphatic carboxylic acids is 1. The average Bonchev–Trinajstić information content (AvgIpc) is 3.17. The van der Waals surface area contributed by atoms with Gasteiger partial charge in [0, 0.05) is 12.0 Å². The lowest BCUT2D eigenvalue weighted by Crippen LogP contribution is -2.07. The van der Waals surface area contributed by atoms with Crippen LogP contribution in [0, 0.1) is 5.41 Å². The van der Waals surface area contributed by atoms with E-state index < -0.39 is 5.97 Å². The molecule has 0 aromatic carbocycles. The summed E-state index contributed by atoms with van der Waals surface area (Å²) in [7, 11) is 0. The van der Waals surface area contributed by atoms with Crippen molar-refractivity contribution in [2.75, 3.05) is 5.75 Å². The summed E-state index contributed by atoms with van der Waals surface area (Å²) in [5, 5.41) is 18.0. The second-order valence-corrected chi connectivity index (χ2v) is 6.82. The first-order valence-electron chi connectivity index (χ1n) is 6.28. The van der Waals surface area contributed by atoms with Crippen LogP contribution in [0.25, 0.3) is 0 Å². The maximum Gasteiger partial charge on any atom is 0.313 e. The molecule has 1 unspecified atom stereocenters. The molecule has 2 aliphatic rings. The number of hydrogen-bond acceptors (Lipinski definition) is 4. The molecule has 1 aromatic heterocycles. The molecule has 1 aromatic rings. The summed E-state index contributed by atoms with van der Waals surface area (Å²) in [5.41, 5.74) is 0.296. The Bertz CT molecular complexity index is 494. The Morgan fingerprint density at radius 1 is 1.50 bits per heavy atom. The first-order chi connectivity index (χ1) is 8.49. The Kier molecular flexibility index (Phi) is 2.66. The predicted octanol–water partition coefficient (Wildman–Crippen LogP) is 2.30. The fourth-order valence-electron chi connectivity index (χ4n) is 2.31. The maximum atomic E-state index is 10.7. The quantitative estimate of drug-likeness (QED) is 0.829. The van der Waals surface area contributed by atoms with Crippen LogP contribution in [0.3, 0.4) is 0 Å². The monoisotopic (exact) mass is 267 g/mol. The molecule has 2 saturated carbocycles. The van der Waals surface area contributed by atoms with Crippen molar-refractivity contribution in [3.05, 3.63) is 5.82 Å². The minimum Gasteiger partial charge on any atom is -0.481 e. The van der Waals surface area contributed by atoms with Crippen molar-refractivity contribution < 1.29 is 9.90 Å². The summed E-state index contributed by atoms with van der Waals surface area (Å²) in [6, 6.07) is 0.444. The van der Waals surface area contributed by atoms with Crippen LogP contribution in [0.4, 0.5) is 0 Å². The molecule has 0 saturated heterocycles. The Hall–Kier alpha value is -1.04. The van der Waals surface area contributed by atoms with Crippen molar-refractivity contribution in [2.45, 2.75) is 50.2 Å². The van der Waals surface area contributed by atoms with E-state index in [0.29, 0.717) is 17.4 Å². The highest BCUT2D eigenvalue weighted by Gasteiger charge is 2.50. The highest BCUT2D eigenvalue weighted by Crippen LogP contribution is 2.58. The minimum atomic E-state index is -0.808. The van der Waals surface area contributed by atoms with Gasteiger partial charge in [0.2, 0.25) is 0 Å². The summed E-state index contributed by atoms with van der Waals surface area (Å²) in [6.07, 6.45) is 3.51. The van der Waals surface area contributed by atoms with E-state index >= 15 is 0 Å². The van der Waals surface area contributed by atoms with Crippen molar-refractivity contribution >= 4 is 17.7 Å². The third-order valence-electron chi connectivity index (χ3n) is 3.73. The lowest BCUT2D eigenvalue weighted by atomic mass is 10.2. The lowest BCUT2D eigenvalue weighted by Gasteiger charge is -2.11. The molecule has 1 heterocycles. The number of carboxylic acids is 1. The molecule has 18 heavy (non-hydrogen) atoms. The van der Waals surface area contributed by atoms with Gasteiger partial charge in [0.05, 0.1) is 5.75 Å². The van der Waals surface area contributed by atoms with E-state index in [1.807, 2.05) is 0 Å². The molecule has 2 fully saturated rings. The van der Waals surface area contributed by atoms with Gasteiger partial charge in [-0.2, -0.15) is 0 Å². The third kappa shape index (κ3) is 2.13. The molecule has 98 valence electrons. The normalized spacial score (nSPS) is 25.1. The zero-order chi connectivity index (χ0) is 12.9. The zero-order valence-corrected chi connectivity index (χ0v) is 11.4. The Balaban J connectivity index is 1.86. The number of hydrogen-bond donors (Lipinski definition) is 1. The highest BCUT2D eigenvalue weighted by atomic mass is 32.2. The van der Waals surface area contributed by atoms with Crippen LogP contribution in [0.1, 0.15) is 50.9 Å². The average molecular weight is 267 g/mol. The van der Waals surface area contributed by atoms with Gasteiger partial charge in [-0.15, -0.1) is 10.2 Å². The number of thioether (sulfide) groups is 1. The molecule has 2 aliphatic carbocycles. The van der Waals surface area contributed by atoms with Crippen molar-refractivity contribution in [3.8, 4) is 0 Å². The first-order valence-corrected chi connectivity index (χ1v) is 7.27. The van der Waals surface area contributed by atoms with Gasteiger partial charge < -0.3 is 9.67 Å². The predicted molar refractivity (Wildman–Crippen MR) is 67.8 cm³/mol. The molecule has 0 amide bonds. The zero-order valence-electron chi connectivity index (χ0n) is 10.6. The molecule has 0 radical (unpaired) electrons. The highest BCUT2D eigenvalue weighted by molar-refractivity contribution is 7.99. The van der Waals surface area contributed by atoms with Crippen LogP contribution in [-0.2, 0) is 4.79 Å². The smallest absolute Gasteiger partial charge is 0.313 e. The van der Waals surface area contributed by atoms with Crippen molar-refractivity contribution in [2.24, 2.45) is 5.41 Å². The van der Waals surface area contributed by atoms with Gasteiger partial charge in [-0.1, -0.05) is 25.6 Å². The first kappa shape index (κ1) is 12.0. The molecule has 1 atom stereocenters. The summed E-state index contributed by atoms with van der Waals surface area (Å²) >= 11 is 1.28. The third-order valence-corrected chi connectivity index (χ3v) is 4.66. The summed E-state index contributed by atoms with van der Waals surface area (Å²) in [5.74, 6) is 0.861. The van der Waals surface area contributed by atoms with Gasteiger partial charge in [0.25, 0.3) is 0 Å². The summed E-state index contributed by atoms with van der Waals surface area (Å²) < 4.78 is 2.20. The van der Waals surface area contributed by atoms with E-state index in [9.17, 15) is 4.79 Å². The molecule has 0 bridgehead atoms. The Morgan fingerprint density at radius 3 is 2.67 bits per heavy atom. The molecule has 5 nitrogen and oxygen atoms in total. The van der Waals surface area contributed by atoms with Gasteiger partial charge in [0.1, 0.15) is 5.82 Å². The molecular formula is C12H17N3O2S. The second-order valence-electron chi connectivity index (χ2n) is 5.88.